The van der Waals surface area contributed by atoms with Crippen LogP contribution in [0.15, 0.2) is 29.2 Å². The molecule has 3 rings (SSSR count). The van der Waals surface area contributed by atoms with Crippen molar-refractivity contribution in [2.45, 2.75) is 38.6 Å². The summed E-state index contributed by atoms with van der Waals surface area (Å²) in [5.74, 6) is 0.627. The number of rotatable bonds is 5. The molecule has 2 heterocycles. The fraction of sp³-hybridized carbons (Fsp3) is 0.533. The van der Waals surface area contributed by atoms with E-state index >= 15 is 0 Å². The van der Waals surface area contributed by atoms with Crippen molar-refractivity contribution < 1.29 is 4.79 Å². The Morgan fingerprint density at radius 1 is 1.33 bits per heavy atom. The van der Waals surface area contributed by atoms with Gasteiger partial charge in [0, 0.05) is 19.2 Å². The van der Waals surface area contributed by atoms with Crippen molar-refractivity contribution in [3.05, 3.63) is 34.9 Å². The summed E-state index contributed by atoms with van der Waals surface area (Å²) in [4.78, 5) is 23.9. The molecule has 112 valence electrons. The summed E-state index contributed by atoms with van der Waals surface area (Å²) < 4.78 is 2.89. The summed E-state index contributed by atoms with van der Waals surface area (Å²) in [5, 5.41) is 7.11. The predicted octanol–water partition coefficient (Wildman–Crippen LogP) is 1.19. The van der Waals surface area contributed by atoms with Crippen molar-refractivity contribution in [3.8, 4) is 0 Å². The lowest BCUT2D eigenvalue weighted by Crippen LogP contribution is -2.31. The summed E-state index contributed by atoms with van der Waals surface area (Å²) >= 11 is 0. The third kappa shape index (κ3) is 3.15. The maximum absolute atomic E-state index is 12.0. The van der Waals surface area contributed by atoms with Crippen molar-refractivity contribution in [3.63, 3.8) is 0 Å². The van der Waals surface area contributed by atoms with Crippen molar-refractivity contribution in [2.75, 3.05) is 6.54 Å². The zero-order chi connectivity index (χ0) is 14.7. The highest BCUT2D eigenvalue weighted by Crippen LogP contribution is 2.27. The summed E-state index contributed by atoms with van der Waals surface area (Å²) in [6, 6.07) is 5.43. The Labute approximate surface area is 122 Å². The van der Waals surface area contributed by atoms with Crippen LogP contribution in [0.5, 0.6) is 0 Å². The fourth-order valence-electron chi connectivity index (χ4n) is 2.96. The first-order valence-corrected chi connectivity index (χ1v) is 7.55. The highest BCUT2D eigenvalue weighted by Gasteiger charge is 2.18. The first-order valence-electron chi connectivity index (χ1n) is 7.55. The number of aromatic nitrogens is 3. The molecule has 21 heavy (non-hydrogen) atoms. The summed E-state index contributed by atoms with van der Waals surface area (Å²) in [6.07, 6.45) is 7.13. The lowest BCUT2D eigenvalue weighted by Gasteiger charge is -2.09. The molecule has 1 saturated carbocycles. The maximum atomic E-state index is 12.0. The lowest BCUT2D eigenvalue weighted by atomic mass is 10.0. The number of nitrogens with one attached hydrogen (secondary N) is 1. The Hall–Kier alpha value is -2.11. The molecule has 0 atom stereocenters. The van der Waals surface area contributed by atoms with Crippen LogP contribution in [0.2, 0.25) is 0 Å². The summed E-state index contributed by atoms with van der Waals surface area (Å²) in [5.41, 5.74) is 0.454. The molecule has 1 aliphatic carbocycles. The van der Waals surface area contributed by atoms with E-state index in [4.69, 9.17) is 0 Å². The second-order valence-corrected chi connectivity index (χ2v) is 5.64. The van der Waals surface area contributed by atoms with Gasteiger partial charge in [-0.15, -0.1) is 5.10 Å². The van der Waals surface area contributed by atoms with Gasteiger partial charge in [0.2, 0.25) is 5.91 Å². The topological polar surface area (TPSA) is 68.4 Å². The largest absolute Gasteiger partial charge is 0.354 e. The highest BCUT2D eigenvalue weighted by atomic mass is 16.2. The van der Waals surface area contributed by atoms with Gasteiger partial charge in [-0.05, 0) is 30.9 Å². The zero-order valence-electron chi connectivity index (χ0n) is 12.0. The van der Waals surface area contributed by atoms with Gasteiger partial charge in [-0.2, -0.15) is 0 Å². The molecule has 0 bridgehead atoms. The van der Waals surface area contributed by atoms with Crippen LogP contribution in [0.25, 0.3) is 5.65 Å². The van der Waals surface area contributed by atoms with Gasteiger partial charge < -0.3 is 5.32 Å². The van der Waals surface area contributed by atoms with Crippen molar-refractivity contribution in [1.29, 1.82) is 0 Å². The number of hydrogen-bond acceptors (Lipinski definition) is 3. The molecule has 2 aromatic heterocycles. The van der Waals surface area contributed by atoms with Crippen molar-refractivity contribution >= 4 is 11.6 Å². The van der Waals surface area contributed by atoms with Gasteiger partial charge in [-0.3, -0.25) is 9.20 Å². The molecule has 0 unspecified atom stereocenters. The molecule has 6 heteroatoms. The molecule has 2 aromatic rings. The average molecular weight is 288 g/mol. The smallest absolute Gasteiger partial charge is 0.350 e. The van der Waals surface area contributed by atoms with Gasteiger partial charge in [0.05, 0.1) is 6.54 Å². The minimum atomic E-state index is -0.171. The molecule has 1 N–H and O–H groups in total. The van der Waals surface area contributed by atoms with Gasteiger partial charge in [0.1, 0.15) is 0 Å². The van der Waals surface area contributed by atoms with Crippen LogP contribution in [-0.2, 0) is 11.3 Å². The Morgan fingerprint density at radius 2 is 2.14 bits per heavy atom. The highest BCUT2D eigenvalue weighted by molar-refractivity contribution is 5.76. The minimum absolute atomic E-state index is 0.0821. The van der Waals surface area contributed by atoms with E-state index in [9.17, 15) is 9.59 Å². The van der Waals surface area contributed by atoms with E-state index < -0.39 is 0 Å². The van der Waals surface area contributed by atoms with Gasteiger partial charge in [-0.1, -0.05) is 18.9 Å². The van der Waals surface area contributed by atoms with Gasteiger partial charge in [-0.25, -0.2) is 9.48 Å². The molecule has 0 saturated heterocycles. The normalized spacial score (nSPS) is 15.6. The van der Waals surface area contributed by atoms with E-state index in [1.54, 1.807) is 18.3 Å². The standard InChI is InChI=1S/C15H20N4O2/c20-14(11-12-5-1-2-6-12)16-8-10-19-15(21)18-9-4-3-7-13(18)17-19/h3-4,7,9,12H,1-2,5-6,8,10-11H2,(H,16,20). The Kier molecular flexibility index (Phi) is 4.03. The van der Waals surface area contributed by atoms with Crippen LogP contribution >= 0.6 is 0 Å². The van der Waals surface area contributed by atoms with E-state index in [1.807, 2.05) is 6.07 Å². The molecule has 0 aromatic carbocycles. The molecule has 0 aliphatic heterocycles. The van der Waals surface area contributed by atoms with Crippen LogP contribution < -0.4 is 11.0 Å². The summed E-state index contributed by atoms with van der Waals surface area (Å²) in [6.45, 7) is 0.840. The number of fused-ring (bicyclic) bond motifs is 1. The maximum Gasteiger partial charge on any atom is 0.350 e. The molecule has 1 fully saturated rings. The van der Waals surface area contributed by atoms with Crippen LogP contribution in [0.3, 0.4) is 0 Å². The second-order valence-electron chi connectivity index (χ2n) is 5.64. The first-order chi connectivity index (χ1) is 10.2. The number of pyridine rings is 1. The second kappa shape index (κ2) is 6.11. The lowest BCUT2D eigenvalue weighted by molar-refractivity contribution is -0.122. The van der Waals surface area contributed by atoms with E-state index in [2.05, 4.69) is 10.4 Å². The minimum Gasteiger partial charge on any atom is -0.354 e. The van der Waals surface area contributed by atoms with Crippen molar-refractivity contribution in [2.24, 2.45) is 5.92 Å². The van der Waals surface area contributed by atoms with Crippen LogP contribution in [-0.4, -0.2) is 26.6 Å². The molecule has 0 radical (unpaired) electrons. The molecule has 0 spiro atoms. The Morgan fingerprint density at radius 3 is 2.90 bits per heavy atom. The fourth-order valence-corrected chi connectivity index (χ4v) is 2.96. The zero-order valence-corrected chi connectivity index (χ0v) is 12.0. The van der Waals surface area contributed by atoms with Gasteiger partial charge in [0.25, 0.3) is 0 Å². The van der Waals surface area contributed by atoms with Gasteiger partial charge in [0.15, 0.2) is 5.65 Å². The third-order valence-electron chi connectivity index (χ3n) is 4.08. The van der Waals surface area contributed by atoms with Crippen LogP contribution in [0.1, 0.15) is 32.1 Å². The predicted molar refractivity (Wildman–Crippen MR) is 79.0 cm³/mol. The average Bonchev–Trinajstić information content (AvgIpc) is 3.09. The summed E-state index contributed by atoms with van der Waals surface area (Å²) in [7, 11) is 0. The van der Waals surface area contributed by atoms with Crippen LogP contribution in [0, 0.1) is 5.92 Å². The quantitative estimate of drug-likeness (QED) is 0.898. The molecule has 6 nitrogen and oxygen atoms in total. The monoisotopic (exact) mass is 288 g/mol. The van der Waals surface area contributed by atoms with Gasteiger partial charge >= 0.3 is 5.69 Å². The number of carbonyl (C=O) groups excluding carboxylic acids is 1. The molecule has 1 amide bonds. The molecular weight excluding hydrogens is 268 g/mol. The molecule has 1 aliphatic rings. The molecular formula is C15H20N4O2. The number of carbonyl (C=O) groups is 1. The number of nitrogens with zero attached hydrogens (tertiary/aromatic N) is 3. The van der Waals surface area contributed by atoms with E-state index in [0.717, 1.165) is 0 Å². The van der Waals surface area contributed by atoms with Crippen molar-refractivity contribution in [1.82, 2.24) is 19.5 Å². The SMILES string of the molecule is O=C(CC1CCCC1)NCCn1nc2ccccn2c1=O. The Bertz CT molecular complexity index is 682. The number of amides is 1. The first kappa shape index (κ1) is 13.9. The van der Waals surface area contributed by atoms with E-state index in [1.165, 1.54) is 34.8 Å². The van der Waals surface area contributed by atoms with E-state index in [-0.39, 0.29) is 11.6 Å². The van der Waals surface area contributed by atoms with E-state index in [0.29, 0.717) is 31.1 Å². The Balaban J connectivity index is 1.53. The third-order valence-corrected chi connectivity index (χ3v) is 4.08. The van der Waals surface area contributed by atoms with Crippen LogP contribution in [0.4, 0.5) is 0 Å². The number of hydrogen-bond donors (Lipinski definition) is 1.